The largest absolute Gasteiger partial charge is 0.321 e. The molecule has 2 aromatic heterocycles. The molecule has 0 saturated heterocycles. The number of amidine groups is 2. The Morgan fingerprint density at radius 3 is 3.00 bits per heavy atom. The molecule has 1 atom stereocenters. The van der Waals surface area contributed by atoms with Gasteiger partial charge in [0.05, 0.1) is 18.8 Å². The fourth-order valence-corrected chi connectivity index (χ4v) is 3.40. The van der Waals surface area contributed by atoms with Gasteiger partial charge in [0.1, 0.15) is 5.82 Å². The fourth-order valence-electron chi connectivity index (χ4n) is 3.40. The maximum atomic E-state index is 4.72. The van der Waals surface area contributed by atoms with Crippen LogP contribution in [0.25, 0.3) is 10.8 Å². The maximum absolute atomic E-state index is 4.72. The van der Waals surface area contributed by atoms with Crippen LogP contribution in [0.15, 0.2) is 71.3 Å². The lowest BCUT2D eigenvalue weighted by molar-refractivity contribution is 0.458. The van der Waals surface area contributed by atoms with Crippen LogP contribution in [0.3, 0.4) is 0 Å². The summed E-state index contributed by atoms with van der Waals surface area (Å²) in [5, 5.41) is 9.84. The van der Waals surface area contributed by atoms with Gasteiger partial charge in [0, 0.05) is 42.8 Å². The number of aliphatic imine (C=N–C) groups is 2. The lowest BCUT2D eigenvalue weighted by Gasteiger charge is -2.26. The number of benzene rings is 1. The van der Waals surface area contributed by atoms with Gasteiger partial charge in [-0.3, -0.25) is 9.67 Å². The molecule has 0 saturated carbocycles. The van der Waals surface area contributed by atoms with Crippen molar-refractivity contribution in [2.45, 2.75) is 6.04 Å². The third-order valence-corrected chi connectivity index (χ3v) is 4.66. The Balaban J connectivity index is 1.46. The zero-order valence-electron chi connectivity index (χ0n) is 14.2. The SMILES string of the molecule is Cn1cc(C2CN=C3C(Nc4nccc5ccccc45)=NC=CN32)cn1. The molecule has 4 heterocycles. The highest BCUT2D eigenvalue weighted by Gasteiger charge is 2.33. The fraction of sp³-hybridized carbons (Fsp3) is 0.158. The summed E-state index contributed by atoms with van der Waals surface area (Å²) >= 11 is 0. The number of aromatic nitrogens is 3. The molecule has 26 heavy (non-hydrogen) atoms. The van der Waals surface area contributed by atoms with Gasteiger partial charge in [-0.1, -0.05) is 24.3 Å². The van der Waals surface area contributed by atoms with E-state index in [1.54, 1.807) is 12.4 Å². The van der Waals surface area contributed by atoms with E-state index in [0.717, 1.165) is 28.0 Å². The van der Waals surface area contributed by atoms with Crippen LogP contribution >= 0.6 is 0 Å². The number of nitrogens with one attached hydrogen (secondary N) is 1. The van der Waals surface area contributed by atoms with Gasteiger partial charge in [0.25, 0.3) is 0 Å². The Kier molecular flexibility index (Phi) is 3.31. The number of rotatable bonds is 2. The smallest absolute Gasteiger partial charge is 0.174 e. The van der Waals surface area contributed by atoms with Gasteiger partial charge < -0.3 is 10.2 Å². The monoisotopic (exact) mass is 343 g/mol. The molecule has 2 aliphatic rings. The van der Waals surface area contributed by atoms with Crippen LogP contribution in [-0.4, -0.2) is 37.9 Å². The number of fused-ring (bicyclic) bond motifs is 2. The number of aryl methyl sites for hydroxylation is 1. The van der Waals surface area contributed by atoms with Gasteiger partial charge in [-0.05, 0) is 11.5 Å². The van der Waals surface area contributed by atoms with Crippen LogP contribution in [0.4, 0.5) is 5.82 Å². The zero-order valence-corrected chi connectivity index (χ0v) is 14.2. The molecule has 0 aliphatic carbocycles. The van der Waals surface area contributed by atoms with Crippen molar-refractivity contribution < 1.29 is 0 Å². The highest BCUT2D eigenvalue weighted by atomic mass is 15.3. The summed E-state index contributed by atoms with van der Waals surface area (Å²) in [5.74, 6) is 2.32. The minimum absolute atomic E-state index is 0.141. The number of hydrogen-bond acceptors (Lipinski definition) is 6. The molecule has 7 nitrogen and oxygen atoms in total. The van der Waals surface area contributed by atoms with Gasteiger partial charge in [-0.2, -0.15) is 5.10 Å². The molecule has 0 fully saturated rings. The van der Waals surface area contributed by atoms with E-state index in [-0.39, 0.29) is 6.04 Å². The van der Waals surface area contributed by atoms with E-state index < -0.39 is 0 Å². The predicted molar refractivity (Wildman–Crippen MR) is 102 cm³/mol. The summed E-state index contributed by atoms with van der Waals surface area (Å²) in [6.45, 7) is 0.676. The standard InChI is InChI=1S/C19H17N7/c1-25-12-14(10-23-25)16-11-22-19-18(21-8-9-26(16)19)24-17-15-5-3-2-4-13(15)6-7-20-17/h2-10,12,16H,11H2,1H3,(H,20,21,24). The molecular weight excluding hydrogens is 326 g/mol. The molecule has 1 aromatic carbocycles. The Bertz CT molecular complexity index is 1070. The highest BCUT2D eigenvalue weighted by Crippen LogP contribution is 2.29. The highest BCUT2D eigenvalue weighted by molar-refractivity contribution is 6.46. The minimum atomic E-state index is 0.141. The maximum Gasteiger partial charge on any atom is 0.174 e. The van der Waals surface area contributed by atoms with Gasteiger partial charge in [-0.15, -0.1) is 0 Å². The summed E-state index contributed by atoms with van der Waals surface area (Å²) in [7, 11) is 1.92. The van der Waals surface area contributed by atoms with Crippen molar-refractivity contribution in [3.8, 4) is 0 Å². The molecule has 0 amide bonds. The molecular formula is C19H17N7. The Morgan fingerprint density at radius 1 is 1.19 bits per heavy atom. The van der Waals surface area contributed by atoms with Crippen LogP contribution in [0.2, 0.25) is 0 Å². The van der Waals surface area contributed by atoms with Crippen LogP contribution in [0.5, 0.6) is 0 Å². The van der Waals surface area contributed by atoms with Crippen LogP contribution in [-0.2, 0) is 7.05 Å². The average molecular weight is 343 g/mol. The first-order valence-corrected chi connectivity index (χ1v) is 8.46. The van der Waals surface area contributed by atoms with E-state index in [0.29, 0.717) is 12.4 Å². The van der Waals surface area contributed by atoms with Gasteiger partial charge >= 0.3 is 0 Å². The zero-order chi connectivity index (χ0) is 17.5. The van der Waals surface area contributed by atoms with Crippen LogP contribution in [0.1, 0.15) is 11.6 Å². The van der Waals surface area contributed by atoms with Crippen LogP contribution in [0, 0.1) is 0 Å². The second-order valence-corrected chi connectivity index (χ2v) is 6.32. The third-order valence-electron chi connectivity index (χ3n) is 4.66. The van der Waals surface area contributed by atoms with Crippen LogP contribution < -0.4 is 5.32 Å². The molecule has 0 bridgehead atoms. The first kappa shape index (κ1) is 14.8. The third kappa shape index (κ3) is 2.36. The number of nitrogens with zero attached hydrogens (tertiary/aromatic N) is 6. The van der Waals surface area contributed by atoms with Gasteiger partial charge in [0.15, 0.2) is 11.7 Å². The van der Waals surface area contributed by atoms with Crippen molar-refractivity contribution in [3.63, 3.8) is 0 Å². The van der Waals surface area contributed by atoms with E-state index in [9.17, 15) is 0 Å². The van der Waals surface area contributed by atoms with Crippen molar-refractivity contribution in [3.05, 3.63) is 66.9 Å². The summed E-state index contributed by atoms with van der Waals surface area (Å²) in [6, 6.07) is 10.3. The summed E-state index contributed by atoms with van der Waals surface area (Å²) in [4.78, 5) is 15.8. The molecule has 0 spiro atoms. The van der Waals surface area contributed by atoms with Gasteiger partial charge in [-0.25, -0.2) is 9.98 Å². The number of pyridine rings is 1. The molecule has 5 rings (SSSR count). The predicted octanol–water partition coefficient (Wildman–Crippen LogP) is 2.72. The number of hydrogen-bond donors (Lipinski definition) is 1. The quantitative estimate of drug-likeness (QED) is 0.777. The second-order valence-electron chi connectivity index (χ2n) is 6.32. The minimum Gasteiger partial charge on any atom is -0.321 e. The van der Waals surface area contributed by atoms with E-state index >= 15 is 0 Å². The van der Waals surface area contributed by atoms with Crippen molar-refractivity contribution in [2.75, 3.05) is 11.9 Å². The Morgan fingerprint density at radius 2 is 2.12 bits per heavy atom. The van der Waals surface area contributed by atoms with E-state index in [2.05, 4.69) is 37.4 Å². The molecule has 128 valence electrons. The Hall–Kier alpha value is -3.48. The second kappa shape index (κ2) is 5.80. The van der Waals surface area contributed by atoms with E-state index in [4.69, 9.17) is 4.99 Å². The molecule has 1 unspecified atom stereocenters. The molecule has 3 aromatic rings. The van der Waals surface area contributed by atoms with Crippen molar-refractivity contribution in [1.29, 1.82) is 0 Å². The van der Waals surface area contributed by atoms with E-state index in [1.165, 1.54) is 0 Å². The number of anilines is 1. The first-order valence-electron chi connectivity index (χ1n) is 8.46. The van der Waals surface area contributed by atoms with Gasteiger partial charge in [0.2, 0.25) is 0 Å². The Labute approximate surface area is 150 Å². The molecule has 7 heteroatoms. The van der Waals surface area contributed by atoms with E-state index in [1.807, 2.05) is 48.5 Å². The normalized spacial score (nSPS) is 18.7. The summed E-state index contributed by atoms with van der Waals surface area (Å²) < 4.78 is 1.81. The van der Waals surface area contributed by atoms with Crippen molar-refractivity contribution >= 4 is 28.3 Å². The lowest BCUT2D eigenvalue weighted by Crippen LogP contribution is -2.37. The lowest BCUT2D eigenvalue weighted by atomic mass is 10.1. The summed E-state index contributed by atoms with van der Waals surface area (Å²) in [6.07, 6.45) is 9.48. The topological polar surface area (TPSA) is 70.7 Å². The average Bonchev–Trinajstić information content (AvgIpc) is 3.28. The summed E-state index contributed by atoms with van der Waals surface area (Å²) in [5.41, 5.74) is 1.14. The molecule has 0 radical (unpaired) electrons. The molecule has 1 N–H and O–H groups in total. The van der Waals surface area contributed by atoms with Crippen molar-refractivity contribution in [1.82, 2.24) is 19.7 Å². The first-order chi connectivity index (χ1) is 12.8. The molecule has 2 aliphatic heterocycles. The van der Waals surface area contributed by atoms with Crippen molar-refractivity contribution in [2.24, 2.45) is 17.0 Å².